The summed E-state index contributed by atoms with van der Waals surface area (Å²) in [5.41, 5.74) is 3.68. The van der Waals surface area contributed by atoms with Crippen molar-refractivity contribution < 1.29 is 5.11 Å². The van der Waals surface area contributed by atoms with E-state index in [1.165, 1.54) is 49.4 Å². The molecule has 1 aromatic rings. The van der Waals surface area contributed by atoms with Crippen molar-refractivity contribution in [1.82, 2.24) is 14.7 Å². The van der Waals surface area contributed by atoms with Crippen LogP contribution in [0, 0.1) is 13.8 Å². The molecule has 21 heavy (non-hydrogen) atoms. The van der Waals surface area contributed by atoms with Crippen molar-refractivity contribution in [1.29, 1.82) is 0 Å². The van der Waals surface area contributed by atoms with Crippen LogP contribution in [0.3, 0.4) is 0 Å². The summed E-state index contributed by atoms with van der Waals surface area (Å²) in [6.45, 7) is 10.6. The molecule has 1 aromatic heterocycles. The Kier molecular flexibility index (Phi) is 6.58. The van der Waals surface area contributed by atoms with Crippen LogP contribution in [0.1, 0.15) is 43.1 Å². The van der Waals surface area contributed by atoms with Gasteiger partial charge in [-0.05, 0) is 39.0 Å². The van der Waals surface area contributed by atoms with E-state index < -0.39 is 0 Å². The Morgan fingerprint density at radius 2 is 2.14 bits per heavy atom. The molecule has 120 valence electrons. The van der Waals surface area contributed by atoms with Gasteiger partial charge in [0.15, 0.2) is 0 Å². The van der Waals surface area contributed by atoms with Gasteiger partial charge in [0.2, 0.25) is 0 Å². The molecule has 0 amide bonds. The summed E-state index contributed by atoms with van der Waals surface area (Å²) in [5, 5.41) is 14.5. The van der Waals surface area contributed by atoms with Crippen LogP contribution in [0.25, 0.3) is 0 Å². The van der Waals surface area contributed by atoms with Crippen LogP contribution in [-0.2, 0) is 13.1 Å². The van der Waals surface area contributed by atoms with Crippen LogP contribution in [0.4, 0.5) is 0 Å². The molecule has 0 radical (unpaired) electrons. The average molecular weight is 311 g/mol. The first-order valence-electron chi connectivity index (χ1n) is 8.13. The first-order valence-corrected chi connectivity index (χ1v) is 9.18. The van der Waals surface area contributed by atoms with Crippen molar-refractivity contribution in [3.05, 3.63) is 17.0 Å². The zero-order valence-corrected chi connectivity index (χ0v) is 14.5. The standard InChI is InChI=1S/C16H29N3OS/c1-4-21-15-7-5-6-8-18(11-15)12-16-13(2)17-19(9-10-20)14(16)3/h15,20H,4-12H2,1-3H3. The molecular formula is C16H29N3OS. The maximum Gasteiger partial charge on any atom is 0.0644 e. The molecule has 0 spiro atoms. The van der Waals surface area contributed by atoms with Gasteiger partial charge in [-0.2, -0.15) is 16.9 Å². The quantitative estimate of drug-likeness (QED) is 0.877. The summed E-state index contributed by atoms with van der Waals surface area (Å²) in [7, 11) is 0. The number of nitrogens with zero attached hydrogens (tertiary/aromatic N) is 3. The number of likely N-dealkylation sites (tertiary alicyclic amines) is 1. The Hall–Kier alpha value is -0.520. The fourth-order valence-corrected chi connectivity index (χ4v) is 4.31. The summed E-state index contributed by atoms with van der Waals surface area (Å²) in [6, 6.07) is 0. The van der Waals surface area contributed by atoms with Gasteiger partial charge in [0, 0.05) is 29.6 Å². The van der Waals surface area contributed by atoms with E-state index in [1.807, 2.05) is 4.68 Å². The highest BCUT2D eigenvalue weighted by molar-refractivity contribution is 7.99. The molecule has 0 saturated carbocycles. The van der Waals surface area contributed by atoms with Crippen LogP contribution < -0.4 is 0 Å². The monoisotopic (exact) mass is 311 g/mol. The maximum absolute atomic E-state index is 9.12. The lowest BCUT2D eigenvalue weighted by atomic mass is 10.2. The molecule has 1 aliphatic rings. The molecule has 4 nitrogen and oxygen atoms in total. The molecule has 1 atom stereocenters. The van der Waals surface area contributed by atoms with E-state index in [1.54, 1.807) is 0 Å². The van der Waals surface area contributed by atoms with Crippen molar-refractivity contribution in [3.8, 4) is 0 Å². The third-order valence-electron chi connectivity index (χ3n) is 4.34. The van der Waals surface area contributed by atoms with E-state index in [2.05, 4.69) is 42.5 Å². The van der Waals surface area contributed by atoms with Crippen LogP contribution >= 0.6 is 11.8 Å². The minimum absolute atomic E-state index is 0.153. The third kappa shape index (κ3) is 4.47. The third-order valence-corrected chi connectivity index (χ3v) is 5.53. The molecule has 1 fully saturated rings. The topological polar surface area (TPSA) is 41.3 Å². The van der Waals surface area contributed by atoms with Crippen molar-refractivity contribution in [2.24, 2.45) is 0 Å². The molecule has 2 heterocycles. The van der Waals surface area contributed by atoms with E-state index in [0.29, 0.717) is 6.54 Å². The van der Waals surface area contributed by atoms with Crippen LogP contribution in [-0.4, -0.2) is 50.5 Å². The van der Waals surface area contributed by atoms with Crippen molar-refractivity contribution in [2.45, 2.75) is 58.4 Å². The maximum atomic E-state index is 9.12. The molecular weight excluding hydrogens is 282 g/mol. The number of aliphatic hydroxyl groups excluding tert-OH is 1. The highest BCUT2D eigenvalue weighted by Crippen LogP contribution is 2.24. The van der Waals surface area contributed by atoms with Crippen LogP contribution in [0.2, 0.25) is 0 Å². The minimum atomic E-state index is 0.153. The predicted molar refractivity (Wildman–Crippen MR) is 89.8 cm³/mol. The Balaban J connectivity index is 2.05. The van der Waals surface area contributed by atoms with Gasteiger partial charge in [0.1, 0.15) is 0 Å². The second-order valence-electron chi connectivity index (χ2n) is 5.90. The van der Waals surface area contributed by atoms with Gasteiger partial charge in [0.05, 0.1) is 18.8 Å². The molecule has 1 N–H and O–H groups in total. The number of rotatable bonds is 6. The summed E-state index contributed by atoms with van der Waals surface area (Å²) < 4.78 is 1.95. The molecule has 1 saturated heterocycles. The summed E-state index contributed by atoms with van der Waals surface area (Å²) >= 11 is 2.11. The number of hydrogen-bond donors (Lipinski definition) is 1. The van der Waals surface area contributed by atoms with Crippen molar-refractivity contribution >= 4 is 11.8 Å². The second kappa shape index (κ2) is 8.20. The lowest BCUT2D eigenvalue weighted by molar-refractivity contribution is 0.266. The summed E-state index contributed by atoms with van der Waals surface area (Å²) in [5.74, 6) is 1.21. The van der Waals surface area contributed by atoms with Gasteiger partial charge < -0.3 is 5.11 Å². The van der Waals surface area contributed by atoms with Gasteiger partial charge in [0.25, 0.3) is 0 Å². The van der Waals surface area contributed by atoms with Gasteiger partial charge in [-0.1, -0.05) is 13.3 Å². The Morgan fingerprint density at radius 1 is 1.33 bits per heavy atom. The fraction of sp³-hybridized carbons (Fsp3) is 0.812. The molecule has 0 aliphatic carbocycles. The average Bonchev–Trinajstić information content (AvgIpc) is 2.64. The first kappa shape index (κ1) is 16.8. The van der Waals surface area contributed by atoms with Crippen molar-refractivity contribution in [2.75, 3.05) is 25.4 Å². The number of aliphatic hydroxyl groups is 1. The normalized spacial score (nSPS) is 20.7. The molecule has 0 aromatic carbocycles. The van der Waals surface area contributed by atoms with Gasteiger partial charge in [-0.15, -0.1) is 0 Å². The SMILES string of the molecule is CCSC1CCCCN(Cc2c(C)nn(CCO)c2C)C1. The summed E-state index contributed by atoms with van der Waals surface area (Å²) in [6.07, 6.45) is 4.02. The Morgan fingerprint density at radius 3 is 2.86 bits per heavy atom. The van der Waals surface area contributed by atoms with Gasteiger partial charge in [-0.3, -0.25) is 9.58 Å². The predicted octanol–water partition coefficient (Wildman–Crippen LogP) is 2.60. The molecule has 0 bridgehead atoms. The highest BCUT2D eigenvalue weighted by Gasteiger charge is 2.20. The molecule has 1 aliphatic heterocycles. The van der Waals surface area contributed by atoms with Gasteiger partial charge >= 0.3 is 0 Å². The first-order chi connectivity index (χ1) is 10.2. The van der Waals surface area contributed by atoms with E-state index in [9.17, 15) is 0 Å². The van der Waals surface area contributed by atoms with E-state index in [-0.39, 0.29) is 6.61 Å². The lowest BCUT2D eigenvalue weighted by Crippen LogP contribution is -2.29. The minimum Gasteiger partial charge on any atom is -0.394 e. The zero-order chi connectivity index (χ0) is 15.2. The van der Waals surface area contributed by atoms with Crippen molar-refractivity contribution in [3.63, 3.8) is 0 Å². The van der Waals surface area contributed by atoms with Crippen LogP contribution in [0.5, 0.6) is 0 Å². The number of aromatic nitrogens is 2. The number of thioether (sulfide) groups is 1. The zero-order valence-electron chi connectivity index (χ0n) is 13.6. The largest absolute Gasteiger partial charge is 0.394 e. The summed E-state index contributed by atoms with van der Waals surface area (Å²) in [4.78, 5) is 2.60. The van der Waals surface area contributed by atoms with Gasteiger partial charge in [-0.25, -0.2) is 0 Å². The second-order valence-corrected chi connectivity index (χ2v) is 7.48. The van der Waals surface area contributed by atoms with E-state index in [0.717, 1.165) is 17.5 Å². The Labute approximate surface area is 132 Å². The van der Waals surface area contributed by atoms with E-state index >= 15 is 0 Å². The fourth-order valence-electron chi connectivity index (χ4n) is 3.19. The smallest absolute Gasteiger partial charge is 0.0644 e. The highest BCUT2D eigenvalue weighted by atomic mass is 32.2. The lowest BCUT2D eigenvalue weighted by Gasteiger charge is -2.24. The molecule has 1 unspecified atom stereocenters. The molecule has 5 heteroatoms. The van der Waals surface area contributed by atoms with E-state index in [4.69, 9.17) is 5.11 Å². The van der Waals surface area contributed by atoms with Crippen LogP contribution in [0.15, 0.2) is 0 Å². The number of aryl methyl sites for hydroxylation is 1. The molecule has 2 rings (SSSR count). The number of hydrogen-bond acceptors (Lipinski definition) is 4. The Bertz CT molecular complexity index is 447.